The van der Waals surface area contributed by atoms with Gasteiger partial charge in [0, 0.05) is 11.8 Å². The first-order valence-corrected chi connectivity index (χ1v) is 4.56. The molecule has 0 spiro atoms. The average molecular weight is 255 g/mol. The Kier molecular flexibility index (Phi) is 3.49. The molecule has 0 fully saturated rings. The summed E-state index contributed by atoms with van der Waals surface area (Å²) in [6.07, 6.45) is -5.62. The van der Waals surface area contributed by atoms with Crippen LogP contribution in [0.4, 0.5) is 27.6 Å². The fourth-order valence-electron chi connectivity index (χ4n) is 1.12. The van der Waals surface area contributed by atoms with E-state index in [-0.39, 0.29) is 11.4 Å². The van der Waals surface area contributed by atoms with Crippen LogP contribution in [0.3, 0.4) is 0 Å². The summed E-state index contributed by atoms with van der Waals surface area (Å²) in [6.45, 7) is -0.148. The van der Waals surface area contributed by atoms with E-state index in [9.17, 15) is 22.0 Å². The van der Waals surface area contributed by atoms with Crippen molar-refractivity contribution in [3.05, 3.63) is 23.8 Å². The van der Waals surface area contributed by atoms with E-state index in [0.717, 1.165) is 0 Å². The highest BCUT2D eigenvalue weighted by atomic mass is 19.4. The lowest BCUT2D eigenvalue weighted by atomic mass is 10.2. The number of halogens is 5. The van der Waals surface area contributed by atoms with Crippen LogP contribution >= 0.6 is 0 Å². The molecule has 0 atom stereocenters. The fraction of sp³-hybridized carbons (Fsp3) is 0.400. The molecule has 0 unspecified atom stereocenters. The van der Waals surface area contributed by atoms with E-state index in [1.807, 2.05) is 0 Å². The third-order valence-electron chi connectivity index (χ3n) is 1.91. The number of alkyl halides is 5. The van der Waals surface area contributed by atoms with Crippen molar-refractivity contribution in [1.29, 1.82) is 0 Å². The van der Waals surface area contributed by atoms with Gasteiger partial charge in [-0.25, -0.2) is 0 Å². The third kappa shape index (κ3) is 3.47. The van der Waals surface area contributed by atoms with E-state index >= 15 is 0 Å². The number of benzene rings is 1. The Morgan fingerprint density at radius 2 is 1.71 bits per heavy atom. The highest BCUT2D eigenvalue weighted by Gasteiger charge is 2.58. The van der Waals surface area contributed by atoms with E-state index in [1.54, 1.807) is 6.92 Å². The van der Waals surface area contributed by atoms with Crippen molar-refractivity contribution in [2.75, 3.05) is 12.3 Å². The van der Waals surface area contributed by atoms with Crippen LogP contribution in [0, 0.1) is 6.92 Å². The second-order valence-corrected chi connectivity index (χ2v) is 3.57. The summed E-state index contributed by atoms with van der Waals surface area (Å²) in [4.78, 5) is 0. The number of nitrogens with two attached hydrogens (primary N) is 1. The number of hydrogen-bond donors (Lipinski definition) is 1. The van der Waals surface area contributed by atoms with Crippen molar-refractivity contribution >= 4 is 5.69 Å². The molecule has 17 heavy (non-hydrogen) atoms. The van der Waals surface area contributed by atoms with Gasteiger partial charge in [-0.05, 0) is 24.6 Å². The van der Waals surface area contributed by atoms with Gasteiger partial charge in [0.15, 0.2) is 6.61 Å². The second-order valence-electron chi connectivity index (χ2n) is 3.57. The normalized spacial score (nSPS) is 12.6. The maximum absolute atomic E-state index is 12.5. The van der Waals surface area contributed by atoms with Crippen molar-refractivity contribution in [2.24, 2.45) is 0 Å². The molecule has 7 heteroatoms. The second kappa shape index (κ2) is 4.38. The van der Waals surface area contributed by atoms with Crippen LogP contribution < -0.4 is 10.5 Å². The Bertz CT molecular complexity index is 382. The topological polar surface area (TPSA) is 35.2 Å². The molecule has 0 saturated heterocycles. The van der Waals surface area contributed by atoms with Crippen molar-refractivity contribution in [2.45, 2.75) is 19.0 Å². The first-order chi connectivity index (χ1) is 7.62. The van der Waals surface area contributed by atoms with Gasteiger partial charge in [0.2, 0.25) is 0 Å². The summed E-state index contributed by atoms with van der Waals surface area (Å²) in [5.41, 5.74) is 6.23. The number of hydrogen-bond acceptors (Lipinski definition) is 2. The van der Waals surface area contributed by atoms with Crippen molar-refractivity contribution in [3.63, 3.8) is 0 Å². The molecule has 0 aliphatic rings. The zero-order valence-corrected chi connectivity index (χ0v) is 8.81. The number of anilines is 1. The standard InChI is InChI=1S/C10H10F5NO/c1-6-2-7(16)4-8(3-6)17-5-9(11,12)10(13,14)15/h2-4H,5,16H2,1H3. The van der Waals surface area contributed by atoms with Gasteiger partial charge in [-0.2, -0.15) is 22.0 Å². The summed E-state index contributed by atoms with van der Waals surface area (Å²) in [5.74, 6) is -5.00. The molecule has 0 aliphatic carbocycles. The number of rotatable bonds is 3. The number of ether oxygens (including phenoxy) is 1. The Balaban J connectivity index is 2.74. The molecule has 96 valence electrons. The minimum Gasteiger partial charge on any atom is -0.487 e. The van der Waals surface area contributed by atoms with Gasteiger partial charge in [-0.15, -0.1) is 0 Å². The van der Waals surface area contributed by atoms with Crippen LogP contribution in [0.25, 0.3) is 0 Å². The third-order valence-corrected chi connectivity index (χ3v) is 1.91. The fourth-order valence-corrected chi connectivity index (χ4v) is 1.12. The Labute approximate surface area is 94.2 Å². The minimum absolute atomic E-state index is 0.119. The van der Waals surface area contributed by atoms with Gasteiger partial charge in [-0.1, -0.05) is 0 Å². The van der Waals surface area contributed by atoms with Crippen LogP contribution in [0.2, 0.25) is 0 Å². The van der Waals surface area contributed by atoms with E-state index in [4.69, 9.17) is 5.73 Å². The predicted molar refractivity (Wildman–Crippen MR) is 52.1 cm³/mol. The van der Waals surface area contributed by atoms with Crippen LogP contribution in [0.15, 0.2) is 18.2 Å². The van der Waals surface area contributed by atoms with Gasteiger partial charge in [-0.3, -0.25) is 0 Å². The van der Waals surface area contributed by atoms with E-state index in [2.05, 4.69) is 4.74 Å². The largest absolute Gasteiger partial charge is 0.487 e. The molecule has 1 rings (SSSR count). The Hall–Kier alpha value is -1.53. The molecule has 0 amide bonds. The lowest BCUT2D eigenvalue weighted by Crippen LogP contribution is -2.41. The van der Waals surface area contributed by atoms with Gasteiger partial charge in [0.25, 0.3) is 0 Å². The molecule has 0 bridgehead atoms. The molecular formula is C10H10F5NO. The highest BCUT2D eigenvalue weighted by molar-refractivity contribution is 5.47. The van der Waals surface area contributed by atoms with E-state index in [0.29, 0.717) is 5.56 Å². The lowest BCUT2D eigenvalue weighted by molar-refractivity contribution is -0.290. The maximum atomic E-state index is 12.5. The average Bonchev–Trinajstić information content (AvgIpc) is 2.11. The summed E-state index contributed by atoms with van der Waals surface area (Å²) in [5, 5.41) is 0. The predicted octanol–water partition coefficient (Wildman–Crippen LogP) is 3.15. The summed E-state index contributed by atoms with van der Waals surface area (Å²) in [7, 11) is 0. The van der Waals surface area contributed by atoms with E-state index in [1.165, 1.54) is 18.2 Å². The monoisotopic (exact) mass is 255 g/mol. The number of nitrogen functional groups attached to an aromatic ring is 1. The van der Waals surface area contributed by atoms with Crippen LogP contribution in [-0.4, -0.2) is 18.7 Å². The quantitative estimate of drug-likeness (QED) is 0.665. The van der Waals surface area contributed by atoms with Crippen LogP contribution in [0.1, 0.15) is 5.56 Å². The highest BCUT2D eigenvalue weighted by Crippen LogP contribution is 2.35. The molecule has 0 aliphatic heterocycles. The molecule has 0 saturated carbocycles. The first kappa shape index (κ1) is 13.5. The van der Waals surface area contributed by atoms with Crippen molar-refractivity contribution in [3.8, 4) is 5.75 Å². The molecule has 0 heterocycles. The summed E-state index contributed by atoms with van der Waals surface area (Å²) >= 11 is 0. The van der Waals surface area contributed by atoms with Crippen molar-refractivity contribution < 1.29 is 26.7 Å². The number of aryl methyl sites for hydroxylation is 1. The molecule has 0 aromatic heterocycles. The van der Waals surface area contributed by atoms with Gasteiger partial charge in [0.05, 0.1) is 0 Å². The van der Waals surface area contributed by atoms with Gasteiger partial charge < -0.3 is 10.5 Å². The zero-order valence-electron chi connectivity index (χ0n) is 8.81. The molecule has 1 aromatic carbocycles. The van der Waals surface area contributed by atoms with E-state index < -0.39 is 18.7 Å². The summed E-state index contributed by atoms with van der Waals surface area (Å²) < 4.78 is 65.0. The lowest BCUT2D eigenvalue weighted by Gasteiger charge is -2.20. The molecule has 0 radical (unpaired) electrons. The van der Waals surface area contributed by atoms with Gasteiger partial charge >= 0.3 is 12.1 Å². The van der Waals surface area contributed by atoms with Gasteiger partial charge in [0.1, 0.15) is 5.75 Å². The molecule has 1 aromatic rings. The molecule has 2 N–H and O–H groups in total. The zero-order chi connectivity index (χ0) is 13.3. The van der Waals surface area contributed by atoms with Crippen LogP contribution in [0.5, 0.6) is 5.75 Å². The van der Waals surface area contributed by atoms with Crippen molar-refractivity contribution in [1.82, 2.24) is 0 Å². The maximum Gasteiger partial charge on any atom is 0.456 e. The molecular weight excluding hydrogens is 245 g/mol. The minimum atomic E-state index is -5.62. The summed E-state index contributed by atoms with van der Waals surface area (Å²) in [6, 6.07) is 4.04. The first-order valence-electron chi connectivity index (χ1n) is 4.56. The Morgan fingerprint density at radius 3 is 2.18 bits per heavy atom. The SMILES string of the molecule is Cc1cc(N)cc(OCC(F)(F)C(F)(F)F)c1. The van der Waals surface area contributed by atoms with Crippen LogP contribution in [-0.2, 0) is 0 Å². The Morgan fingerprint density at radius 1 is 1.12 bits per heavy atom. The molecule has 2 nitrogen and oxygen atoms in total. The smallest absolute Gasteiger partial charge is 0.456 e.